The summed E-state index contributed by atoms with van der Waals surface area (Å²) in [5.41, 5.74) is 0. The molecule has 0 N–H and O–H groups in total. The van der Waals surface area contributed by atoms with Gasteiger partial charge >= 0.3 is 5.97 Å². The lowest BCUT2D eigenvalue weighted by Crippen LogP contribution is -2.14. The first kappa shape index (κ1) is 37.0. The van der Waals surface area contributed by atoms with Crippen molar-refractivity contribution >= 4 is 28.6 Å². The summed E-state index contributed by atoms with van der Waals surface area (Å²) in [5.74, 6) is -0.111. The molecule has 0 aliphatic heterocycles. The number of carbonyl (C=O) groups is 1. The zero-order valence-corrected chi connectivity index (χ0v) is 26.3. The fourth-order valence-corrected chi connectivity index (χ4v) is 4.53. The Balaban J connectivity index is 3.13. The molecule has 0 aromatic rings. The normalized spacial score (nSPS) is 11.3. The Hall–Kier alpha value is 0.0400. The van der Waals surface area contributed by atoms with Crippen LogP contribution >= 0.6 is 22.6 Å². The van der Waals surface area contributed by atoms with E-state index in [4.69, 9.17) is 23.7 Å². The molecule has 0 aliphatic rings. The van der Waals surface area contributed by atoms with E-state index in [1.807, 2.05) is 0 Å². The molecule has 0 atom stereocenters. The van der Waals surface area contributed by atoms with Crippen LogP contribution in [0.25, 0.3) is 0 Å². The van der Waals surface area contributed by atoms with Crippen molar-refractivity contribution in [3.05, 3.63) is 0 Å². The zero-order chi connectivity index (χ0) is 26.9. The molecule has 0 bridgehead atoms. The van der Waals surface area contributed by atoms with E-state index in [0.29, 0.717) is 59.3 Å². The average molecular weight is 643 g/mol. The lowest BCUT2D eigenvalue weighted by Gasteiger charge is -2.08. The lowest BCUT2D eigenvalue weighted by molar-refractivity contribution is -0.145. The van der Waals surface area contributed by atoms with Gasteiger partial charge in [-0.05, 0) is 23.7 Å². The minimum atomic E-state index is -0.111. The quantitative estimate of drug-likeness (QED) is 0.0320. The molecule has 0 fully saturated rings. The van der Waals surface area contributed by atoms with E-state index in [2.05, 4.69) is 29.5 Å². The Kier molecular flexibility index (Phi) is 34.1. The second kappa shape index (κ2) is 34.1. The maximum atomic E-state index is 11.8. The lowest BCUT2D eigenvalue weighted by atomic mass is 10.0. The number of carbonyl (C=O) groups excluding carboxylic acids is 1. The average Bonchev–Trinajstić information content (AvgIpc) is 2.90. The third kappa shape index (κ3) is 34.0. The molecule has 0 rings (SSSR count). The molecule has 0 aliphatic carbocycles. The van der Waals surface area contributed by atoms with Crippen molar-refractivity contribution < 1.29 is 28.5 Å². The van der Waals surface area contributed by atoms with E-state index in [0.717, 1.165) is 25.9 Å². The van der Waals surface area contributed by atoms with E-state index in [9.17, 15) is 4.79 Å². The van der Waals surface area contributed by atoms with Gasteiger partial charge in [-0.25, -0.2) is 0 Å². The first-order valence-electron chi connectivity index (χ1n) is 15.3. The Labute approximate surface area is 242 Å². The van der Waals surface area contributed by atoms with Crippen LogP contribution in [0.4, 0.5) is 0 Å². The molecule has 0 spiro atoms. The van der Waals surface area contributed by atoms with Gasteiger partial charge in [-0.3, -0.25) is 4.79 Å². The fourth-order valence-electron chi connectivity index (χ4n) is 3.99. The summed E-state index contributed by atoms with van der Waals surface area (Å²) >= 11 is 2.42. The number of alkyl halides is 1. The smallest absolute Gasteiger partial charge is 0.305 e. The summed E-state index contributed by atoms with van der Waals surface area (Å²) in [4.78, 5) is 11.8. The highest BCUT2D eigenvalue weighted by atomic mass is 127. The first-order valence-corrected chi connectivity index (χ1v) is 16.9. The van der Waals surface area contributed by atoms with Gasteiger partial charge in [0.25, 0.3) is 0 Å². The predicted molar refractivity (Wildman–Crippen MR) is 162 cm³/mol. The maximum Gasteiger partial charge on any atom is 0.305 e. The second-order valence-electron chi connectivity index (χ2n) is 9.77. The zero-order valence-electron chi connectivity index (χ0n) is 24.1. The SMILES string of the molecule is CCCCCCCCCCCCCCCC(=O)OCCOCCOCCOCCOCCCCCCI. The fraction of sp³-hybridized carbons (Fsp3) is 0.967. The second-order valence-corrected chi connectivity index (χ2v) is 10.8. The van der Waals surface area contributed by atoms with Crippen molar-refractivity contribution in [2.75, 3.05) is 63.9 Å². The van der Waals surface area contributed by atoms with Crippen LogP contribution in [0.3, 0.4) is 0 Å². The summed E-state index contributed by atoms with van der Waals surface area (Å²) < 4.78 is 28.4. The number of halogens is 1. The molecular weight excluding hydrogens is 583 g/mol. The Morgan fingerprint density at radius 1 is 0.459 bits per heavy atom. The van der Waals surface area contributed by atoms with Gasteiger partial charge in [-0.15, -0.1) is 0 Å². The monoisotopic (exact) mass is 642 g/mol. The van der Waals surface area contributed by atoms with Gasteiger partial charge in [-0.2, -0.15) is 0 Å². The number of unbranched alkanes of at least 4 members (excludes halogenated alkanes) is 15. The van der Waals surface area contributed by atoms with Gasteiger partial charge in [0.1, 0.15) is 6.61 Å². The maximum absolute atomic E-state index is 11.8. The summed E-state index contributed by atoms with van der Waals surface area (Å²) in [6, 6.07) is 0. The van der Waals surface area contributed by atoms with Crippen molar-refractivity contribution in [2.24, 2.45) is 0 Å². The molecule has 0 saturated carbocycles. The van der Waals surface area contributed by atoms with Crippen molar-refractivity contribution in [1.29, 1.82) is 0 Å². The van der Waals surface area contributed by atoms with Crippen LogP contribution in [0, 0.1) is 0 Å². The highest BCUT2D eigenvalue weighted by molar-refractivity contribution is 14.1. The van der Waals surface area contributed by atoms with Crippen LogP contribution in [0.15, 0.2) is 0 Å². The van der Waals surface area contributed by atoms with Crippen LogP contribution in [0.2, 0.25) is 0 Å². The van der Waals surface area contributed by atoms with Gasteiger partial charge in [0, 0.05) is 13.0 Å². The van der Waals surface area contributed by atoms with Crippen molar-refractivity contribution in [2.45, 2.75) is 122 Å². The molecule has 0 heterocycles. The van der Waals surface area contributed by atoms with Gasteiger partial charge in [0.05, 0.1) is 46.2 Å². The van der Waals surface area contributed by atoms with Crippen LogP contribution in [0.5, 0.6) is 0 Å². The number of hydrogen-bond acceptors (Lipinski definition) is 6. The largest absolute Gasteiger partial charge is 0.463 e. The molecule has 37 heavy (non-hydrogen) atoms. The predicted octanol–water partition coefficient (Wildman–Crippen LogP) is 8.07. The third-order valence-electron chi connectivity index (χ3n) is 6.26. The van der Waals surface area contributed by atoms with Gasteiger partial charge in [0.15, 0.2) is 0 Å². The highest BCUT2D eigenvalue weighted by Crippen LogP contribution is 2.13. The Morgan fingerprint density at radius 2 is 0.838 bits per heavy atom. The third-order valence-corrected chi connectivity index (χ3v) is 7.03. The van der Waals surface area contributed by atoms with Crippen LogP contribution in [-0.4, -0.2) is 69.9 Å². The Morgan fingerprint density at radius 3 is 1.32 bits per heavy atom. The number of esters is 1. The van der Waals surface area contributed by atoms with Crippen molar-refractivity contribution in [1.82, 2.24) is 0 Å². The molecule has 0 aromatic heterocycles. The number of hydrogen-bond donors (Lipinski definition) is 0. The van der Waals surface area contributed by atoms with Gasteiger partial charge in [-0.1, -0.05) is 119 Å². The van der Waals surface area contributed by atoms with Crippen LogP contribution < -0.4 is 0 Å². The van der Waals surface area contributed by atoms with Crippen molar-refractivity contribution in [3.63, 3.8) is 0 Å². The summed E-state index contributed by atoms with van der Waals surface area (Å²) in [6.45, 7) is 7.22. The molecule has 222 valence electrons. The van der Waals surface area contributed by atoms with E-state index < -0.39 is 0 Å². The van der Waals surface area contributed by atoms with Crippen LogP contribution in [0.1, 0.15) is 122 Å². The van der Waals surface area contributed by atoms with E-state index in [1.54, 1.807) is 0 Å². The highest BCUT2D eigenvalue weighted by Gasteiger charge is 2.03. The van der Waals surface area contributed by atoms with Crippen LogP contribution in [-0.2, 0) is 28.5 Å². The number of rotatable bonds is 32. The molecule has 0 saturated heterocycles. The standard InChI is InChI=1S/C30H59IO6/c1-2-3-4-5-6-7-8-9-10-11-12-13-16-19-30(32)37-29-28-36-27-26-35-25-24-34-23-22-33-21-18-15-14-17-20-31/h2-29H2,1H3. The molecule has 0 unspecified atom stereocenters. The minimum absolute atomic E-state index is 0.111. The molecule has 0 amide bonds. The van der Waals surface area contributed by atoms with E-state index in [1.165, 1.54) is 94.3 Å². The minimum Gasteiger partial charge on any atom is -0.463 e. The summed E-state index contributed by atoms with van der Waals surface area (Å²) in [7, 11) is 0. The number of ether oxygens (including phenoxy) is 5. The van der Waals surface area contributed by atoms with Gasteiger partial charge < -0.3 is 23.7 Å². The van der Waals surface area contributed by atoms with E-state index >= 15 is 0 Å². The Bertz CT molecular complexity index is 438. The molecule has 0 radical (unpaired) electrons. The molecule has 6 nitrogen and oxygen atoms in total. The summed E-state index contributed by atoms with van der Waals surface area (Å²) in [5, 5.41) is 0. The topological polar surface area (TPSA) is 63.2 Å². The first-order chi connectivity index (χ1) is 18.3. The molecule has 7 heteroatoms. The summed E-state index contributed by atoms with van der Waals surface area (Å²) in [6.07, 6.45) is 22.5. The molecule has 0 aromatic carbocycles. The van der Waals surface area contributed by atoms with Gasteiger partial charge in [0.2, 0.25) is 0 Å². The molecular formula is C30H59IO6. The van der Waals surface area contributed by atoms with E-state index in [-0.39, 0.29) is 5.97 Å². The van der Waals surface area contributed by atoms with Crippen molar-refractivity contribution in [3.8, 4) is 0 Å².